The van der Waals surface area contributed by atoms with Crippen molar-refractivity contribution >= 4 is 23.3 Å². The van der Waals surface area contributed by atoms with Crippen molar-refractivity contribution in [3.05, 3.63) is 101 Å². The molecule has 0 aromatic heterocycles. The Morgan fingerprint density at radius 2 is 1.46 bits per heavy atom. The van der Waals surface area contributed by atoms with E-state index < -0.39 is 0 Å². The van der Waals surface area contributed by atoms with E-state index in [2.05, 4.69) is 29.6 Å². The van der Waals surface area contributed by atoms with Gasteiger partial charge in [-0.2, -0.15) is 0 Å². The van der Waals surface area contributed by atoms with Crippen molar-refractivity contribution < 1.29 is 4.79 Å². The molecule has 0 aliphatic carbocycles. The lowest BCUT2D eigenvalue weighted by Gasteiger charge is -2.27. The molecule has 2 amide bonds. The van der Waals surface area contributed by atoms with Gasteiger partial charge in [0.25, 0.3) is 0 Å². The average Bonchev–Trinajstić information content (AvgIpc) is 2.99. The summed E-state index contributed by atoms with van der Waals surface area (Å²) in [7, 11) is 0. The number of halogens is 1. The summed E-state index contributed by atoms with van der Waals surface area (Å²) in [4.78, 5) is 14.7. The molecule has 2 atom stereocenters. The van der Waals surface area contributed by atoms with Crippen LogP contribution < -0.4 is 10.2 Å². The predicted molar refractivity (Wildman–Crippen MR) is 106 cm³/mol. The van der Waals surface area contributed by atoms with Crippen LogP contribution in [0.3, 0.4) is 0 Å². The molecule has 0 unspecified atom stereocenters. The van der Waals surface area contributed by atoms with E-state index in [1.54, 1.807) is 4.90 Å². The van der Waals surface area contributed by atoms with Crippen LogP contribution in [0.4, 0.5) is 10.5 Å². The Labute approximate surface area is 158 Å². The minimum Gasteiger partial charge on any atom is -0.332 e. The molecule has 1 heterocycles. The van der Waals surface area contributed by atoms with E-state index in [0.29, 0.717) is 5.02 Å². The maximum atomic E-state index is 12.9. The summed E-state index contributed by atoms with van der Waals surface area (Å²) >= 11 is 6.41. The Kier molecular flexibility index (Phi) is 4.63. The van der Waals surface area contributed by atoms with Crippen LogP contribution in [0.2, 0.25) is 5.02 Å². The molecule has 0 spiro atoms. The first-order valence-corrected chi connectivity index (χ1v) is 9.05. The van der Waals surface area contributed by atoms with Gasteiger partial charge in [0, 0.05) is 0 Å². The Morgan fingerprint density at radius 1 is 0.846 bits per heavy atom. The number of carbonyl (C=O) groups is 1. The highest BCUT2D eigenvalue weighted by atomic mass is 35.5. The Balaban J connectivity index is 1.76. The molecule has 1 aliphatic heterocycles. The third-order valence-electron chi connectivity index (χ3n) is 4.74. The van der Waals surface area contributed by atoms with Gasteiger partial charge in [-0.15, -0.1) is 0 Å². The predicted octanol–water partition coefficient (Wildman–Crippen LogP) is 5.22. The Bertz CT molecular complexity index is 898. The first kappa shape index (κ1) is 16.7. The number of benzene rings is 3. The van der Waals surface area contributed by atoms with Crippen LogP contribution in [-0.2, 0) is 6.42 Å². The average molecular weight is 363 g/mol. The SMILES string of the molecule is O=C1N[C@H](Cc2ccccc2)[C@H](c2ccccc2)N1c1ccccc1Cl. The molecule has 1 N–H and O–H groups in total. The zero-order valence-corrected chi connectivity index (χ0v) is 14.9. The fourth-order valence-corrected chi connectivity index (χ4v) is 3.81. The summed E-state index contributed by atoms with van der Waals surface area (Å²) in [5.74, 6) is 0. The molecule has 130 valence electrons. The van der Waals surface area contributed by atoms with E-state index in [-0.39, 0.29) is 18.1 Å². The van der Waals surface area contributed by atoms with E-state index in [1.807, 2.05) is 60.7 Å². The van der Waals surface area contributed by atoms with Gasteiger partial charge in [-0.1, -0.05) is 84.4 Å². The van der Waals surface area contributed by atoms with Gasteiger partial charge in [0.15, 0.2) is 0 Å². The second-order valence-corrected chi connectivity index (χ2v) is 6.83. The summed E-state index contributed by atoms with van der Waals surface area (Å²) in [6.07, 6.45) is 0.757. The first-order valence-electron chi connectivity index (χ1n) is 8.67. The van der Waals surface area contributed by atoms with Gasteiger partial charge in [-0.25, -0.2) is 4.79 Å². The highest BCUT2D eigenvalue weighted by Crippen LogP contribution is 2.38. The number of carbonyl (C=O) groups excluding carboxylic acids is 1. The van der Waals surface area contributed by atoms with Crippen LogP contribution in [0.15, 0.2) is 84.9 Å². The van der Waals surface area contributed by atoms with Gasteiger partial charge in [-0.3, -0.25) is 4.90 Å². The lowest BCUT2D eigenvalue weighted by atomic mass is 9.94. The third kappa shape index (κ3) is 3.18. The van der Waals surface area contributed by atoms with E-state index >= 15 is 0 Å². The van der Waals surface area contributed by atoms with Crippen molar-refractivity contribution in [1.82, 2.24) is 5.32 Å². The number of nitrogens with zero attached hydrogens (tertiary/aromatic N) is 1. The molecule has 1 saturated heterocycles. The minimum absolute atomic E-state index is 0.0384. The number of amides is 2. The molecule has 1 aliphatic rings. The van der Waals surface area contributed by atoms with Crippen LogP contribution in [0.25, 0.3) is 0 Å². The molecule has 3 aromatic carbocycles. The van der Waals surface area contributed by atoms with E-state index in [0.717, 1.165) is 17.7 Å². The number of para-hydroxylation sites is 1. The fraction of sp³-hybridized carbons (Fsp3) is 0.136. The van der Waals surface area contributed by atoms with Crippen molar-refractivity contribution in [3.63, 3.8) is 0 Å². The van der Waals surface area contributed by atoms with Gasteiger partial charge >= 0.3 is 6.03 Å². The summed E-state index contributed by atoms with van der Waals surface area (Å²) in [5.41, 5.74) is 3.02. The van der Waals surface area contributed by atoms with E-state index in [1.165, 1.54) is 5.56 Å². The largest absolute Gasteiger partial charge is 0.332 e. The molecule has 0 saturated carbocycles. The van der Waals surface area contributed by atoms with Crippen LogP contribution >= 0.6 is 11.6 Å². The van der Waals surface area contributed by atoms with Gasteiger partial charge < -0.3 is 5.32 Å². The fourth-order valence-electron chi connectivity index (χ4n) is 3.58. The molecule has 3 aromatic rings. The molecule has 1 fully saturated rings. The summed E-state index contributed by atoms with van der Waals surface area (Å²) in [5, 5.41) is 3.73. The summed E-state index contributed by atoms with van der Waals surface area (Å²) in [6, 6.07) is 27.6. The maximum absolute atomic E-state index is 12.9. The van der Waals surface area contributed by atoms with Crippen molar-refractivity contribution in [2.75, 3.05) is 4.90 Å². The van der Waals surface area contributed by atoms with Crippen LogP contribution in [0, 0.1) is 0 Å². The van der Waals surface area contributed by atoms with Gasteiger partial charge in [0.2, 0.25) is 0 Å². The van der Waals surface area contributed by atoms with Gasteiger partial charge in [-0.05, 0) is 29.7 Å². The van der Waals surface area contributed by atoms with Gasteiger partial charge in [0.1, 0.15) is 0 Å². The molecular formula is C22H19ClN2O. The van der Waals surface area contributed by atoms with Crippen LogP contribution in [0.5, 0.6) is 0 Å². The van der Waals surface area contributed by atoms with E-state index in [9.17, 15) is 4.79 Å². The Hall–Kier alpha value is -2.78. The number of anilines is 1. The summed E-state index contributed by atoms with van der Waals surface area (Å²) in [6.45, 7) is 0. The second kappa shape index (κ2) is 7.22. The number of nitrogens with one attached hydrogen (secondary N) is 1. The van der Waals surface area contributed by atoms with Crippen molar-refractivity contribution in [1.29, 1.82) is 0 Å². The molecule has 26 heavy (non-hydrogen) atoms. The standard InChI is InChI=1S/C22H19ClN2O/c23-18-13-7-8-14-20(18)25-21(17-11-5-2-6-12-17)19(24-22(25)26)15-16-9-3-1-4-10-16/h1-14,19,21H,15H2,(H,24,26)/t19-,21+/m1/s1. The molecule has 4 rings (SSSR count). The van der Waals surface area contributed by atoms with Crippen molar-refractivity contribution in [3.8, 4) is 0 Å². The molecular weight excluding hydrogens is 344 g/mol. The first-order chi connectivity index (χ1) is 12.7. The van der Waals surface area contributed by atoms with Gasteiger partial charge in [0.05, 0.1) is 22.8 Å². The third-order valence-corrected chi connectivity index (χ3v) is 5.06. The topological polar surface area (TPSA) is 32.3 Å². The normalized spacial score (nSPS) is 19.4. The Morgan fingerprint density at radius 3 is 2.15 bits per heavy atom. The van der Waals surface area contributed by atoms with E-state index in [4.69, 9.17) is 11.6 Å². The lowest BCUT2D eigenvalue weighted by Crippen LogP contribution is -2.30. The van der Waals surface area contributed by atoms with Crippen molar-refractivity contribution in [2.24, 2.45) is 0 Å². The lowest BCUT2D eigenvalue weighted by molar-refractivity contribution is 0.250. The summed E-state index contributed by atoms with van der Waals surface area (Å²) < 4.78 is 0. The zero-order valence-electron chi connectivity index (χ0n) is 14.2. The highest BCUT2D eigenvalue weighted by Gasteiger charge is 2.41. The second-order valence-electron chi connectivity index (χ2n) is 6.42. The van der Waals surface area contributed by atoms with Crippen LogP contribution in [0.1, 0.15) is 17.2 Å². The van der Waals surface area contributed by atoms with Crippen molar-refractivity contribution in [2.45, 2.75) is 18.5 Å². The smallest absolute Gasteiger partial charge is 0.322 e. The highest BCUT2D eigenvalue weighted by molar-refractivity contribution is 6.33. The number of hydrogen-bond donors (Lipinski definition) is 1. The molecule has 0 bridgehead atoms. The quantitative estimate of drug-likeness (QED) is 0.677. The molecule has 0 radical (unpaired) electrons. The molecule has 3 nitrogen and oxygen atoms in total. The number of urea groups is 1. The molecule has 4 heteroatoms. The minimum atomic E-state index is -0.121. The number of rotatable bonds is 4. The number of hydrogen-bond acceptors (Lipinski definition) is 1. The zero-order chi connectivity index (χ0) is 17.9. The maximum Gasteiger partial charge on any atom is 0.322 e. The monoisotopic (exact) mass is 362 g/mol. The van der Waals surface area contributed by atoms with Crippen LogP contribution in [-0.4, -0.2) is 12.1 Å².